The van der Waals surface area contributed by atoms with E-state index in [1.165, 1.54) is 5.56 Å². The third-order valence-electron chi connectivity index (χ3n) is 3.82. The molecule has 0 saturated carbocycles. The lowest BCUT2D eigenvalue weighted by atomic mass is 10.2. The molecule has 0 aliphatic rings. The van der Waals surface area contributed by atoms with E-state index < -0.39 is 0 Å². The van der Waals surface area contributed by atoms with E-state index in [9.17, 15) is 0 Å². The van der Waals surface area contributed by atoms with E-state index in [-0.39, 0.29) is 24.0 Å². The summed E-state index contributed by atoms with van der Waals surface area (Å²) in [6.45, 7) is 5.28. The molecule has 0 spiro atoms. The molecule has 0 saturated heterocycles. The Kier molecular flexibility index (Phi) is 17.3. The molecule has 0 aromatic heterocycles. The predicted molar refractivity (Wildman–Crippen MR) is 126 cm³/mol. The van der Waals surface area contributed by atoms with Crippen LogP contribution in [0.3, 0.4) is 0 Å². The minimum absolute atomic E-state index is 0. The maximum atomic E-state index is 5.76. The molecule has 7 nitrogen and oxygen atoms in total. The molecule has 0 heterocycles. The van der Waals surface area contributed by atoms with Crippen LogP contribution >= 0.6 is 24.0 Å². The molecule has 1 rings (SSSR count). The van der Waals surface area contributed by atoms with Crippen LogP contribution in [-0.2, 0) is 16.0 Å². The van der Waals surface area contributed by atoms with E-state index in [0.717, 1.165) is 44.2 Å². The van der Waals surface area contributed by atoms with E-state index >= 15 is 0 Å². The lowest BCUT2D eigenvalue weighted by Gasteiger charge is -2.13. The molecular formula is C20H37IN4O3. The maximum absolute atomic E-state index is 5.76. The minimum Gasteiger partial charge on any atom is -0.494 e. The summed E-state index contributed by atoms with van der Waals surface area (Å²) in [7, 11) is 7.59. The van der Waals surface area contributed by atoms with Crippen molar-refractivity contribution in [3.63, 3.8) is 0 Å². The number of guanidine groups is 1. The molecule has 0 bridgehead atoms. The van der Waals surface area contributed by atoms with Crippen LogP contribution in [0.2, 0.25) is 0 Å². The van der Waals surface area contributed by atoms with Gasteiger partial charge in [-0.1, -0.05) is 12.1 Å². The van der Waals surface area contributed by atoms with Crippen molar-refractivity contribution >= 4 is 29.9 Å². The summed E-state index contributed by atoms with van der Waals surface area (Å²) >= 11 is 0. The number of rotatable bonds is 14. The van der Waals surface area contributed by atoms with Crippen molar-refractivity contribution in [2.45, 2.75) is 19.4 Å². The SMILES string of the molecule is CN=C(NCCCOCCOC)NCc1ccc(OCCCN(C)C)cc1.I. The van der Waals surface area contributed by atoms with Crippen molar-refractivity contribution in [2.24, 2.45) is 4.99 Å². The zero-order chi connectivity index (χ0) is 19.7. The standard InChI is InChI=1S/C20H36N4O3.HI/c1-21-20(22-11-5-13-26-16-15-25-4)23-17-18-7-9-19(10-8-18)27-14-6-12-24(2)3;/h7-10H,5-6,11-17H2,1-4H3,(H2,21,22,23);1H. The second-order valence-electron chi connectivity index (χ2n) is 6.46. The number of nitrogens with one attached hydrogen (secondary N) is 2. The zero-order valence-corrected chi connectivity index (χ0v) is 20.0. The number of benzene rings is 1. The van der Waals surface area contributed by atoms with Crippen LogP contribution in [0.5, 0.6) is 5.75 Å². The van der Waals surface area contributed by atoms with E-state index in [1.54, 1.807) is 14.2 Å². The van der Waals surface area contributed by atoms with Gasteiger partial charge in [0.05, 0.1) is 19.8 Å². The van der Waals surface area contributed by atoms with Gasteiger partial charge in [0.2, 0.25) is 0 Å². The molecule has 0 fully saturated rings. The summed E-state index contributed by atoms with van der Waals surface area (Å²) in [5.41, 5.74) is 1.18. The van der Waals surface area contributed by atoms with E-state index in [1.807, 2.05) is 12.1 Å². The molecule has 0 atom stereocenters. The molecule has 1 aromatic rings. The number of aliphatic imine (C=N–C) groups is 1. The summed E-state index contributed by atoms with van der Waals surface area (Å²) in [6.07, 6.45) is 1.94. The molecule has 0 aliphatic heterocycles. The van der Waals surface area contributed by atoms with E-state index in [2.05, 4.69) is 46.8 Å². The summed E-state index contributed by atoms with van der Waals surface area (Å²) in [5.74, 6) is 1.70. The molecule has 0 aliphatic carbocycles. The van der Waals surface area contributed by atoms with Gasteiger partial charge in [-0.15, -0.1) is 24.0 Å². The fourth-order valence-corrected chi connectivity index (χ4v) is 2.31. The van der Waals surface area contributed by atoms with Crippen molar-refractivity contribution in [1.29, 1.82) is 0 Å². The smallest absolute Gasteiger partial charge is 0.191 e. The third-order valence-corrected chi connectivity index (χ3v) is 3.82. The van der Waals surface area contributed by atoms with Gasteiger partial charge in [-0.25, -0.2) is 0 Å². The van der Waals surface area contributed by atoms with Gasteiger partial charge >= 0.3 is 0 Å². The van der Waals surface area contributed by atoms with Gasteiger partial charge < -0.3 is 29.7 Å². The summed E-state index contributed by atoms with van der Waals surface area (Å²) in [6, 6.07) is 8.18. The zero-order valence-electron chi connectivity index (χ0n) is 17.7. The molecular weight excluding hydrogens is 471 g/mol. The minimum atomic E-state index is 0. The normalized spacial score (nSPS) is 11.2. The topological polar surface area (TPSA) is 67.4 Å². The number of nitrogens with zero attached hydrogens (tertiary/aromatic N) is 2. The number of ether oxygens (including phenoxy) is 3. The first kappa shape index (κ1) is 26.9. The Balaban J connectivity index is 0.00000729. The average Bonchev–Trinajstić information content (AvgIpc) is 2.67. The largest absolute Gasteiger partial charge is 0.494 e. The van der Waals surface area contributed by atoms with Crippen molar-refractivity contribution in [1.82, 2.24) is 15.5 Å². The number of hydrogen-bond donors (Lipinski definition) is 2. The predicted octanol–water partition coefficient (Wildman–Crippen LogP) is 2.35. The highest BCUT2D eigenvalue weighted by atomic mass is 127. The fraction of sp³-hybridized carbons (Fsp3) is 0.650. The number of methoxy groups -OCH3 is 1. The maximum Gasteiger partial charge on any atom is 0.191 e. The van der Waals surface area contributed by atoms with Crippen LogP contribution in [0.15, 0.2) is 29.3 Å². The Morgan fingerprint density at radius 2 is 1.75 bits per heavy atom. The van der Waals surface area contributed by atoms with Gasteiger partial charge in [0.1, 0.15) is 5.75 Å². The molecule has 28 heavy (non-hydrogen) atoms. The lowest BCUT2D eigenvalue weighted by molar-refractivity contribution is 0.0698. The summed E-state index contributed by atoms with van der Waals surface area (Å²) < 4.78 is 16.1. The molecule has 0 amide bonds. The Hall–Kier alpha value is -1.10. The van der Waals surface area contributed by atoms with Crippen molar-refractivity contribution < 1.29 is 14.2 Å². The van der Waals surface area contributed by atoms with Gasteiger partial charge in [0.15, 0.2) is 5.96 Å². The fourth-order valence-electron chi connectivity index (χ4n) is 2.31. The molecule has 1 aromatic carbocycles. The molecule has 162 valence electrons. The molecule has 2 N–H and O–H groups in total. The highest BCUT2D eigenvalue weighted by molar-refractivity contribution is 14.0. The van der Waals surface area contributed by atoms with Gasteiger partial charge in [-0.2, -0.15) is 0 Å². The van der Waals surface area contributed by atoms with Crippen molar-refractivity contribution in [3.05, 3.63) is 29.8 Å². The number of halogens is 1. The van der Waals surface area contributed by atoms with Gasteiger partial charge in [-0.05, 0) is 44.6 Å². The second kappa shape index (κ2) is 18.0. The van der Waals surface area contributed by atoms with Crippen LogP contribution in [-0.4, -0.2) is 78.6 Å². The first-order valence-electron chi connectivity index (χ1n) is 9.53. The Morgan fingerprint density at radius 3 is 2.39 bits per heavy atom. The van der Waals surface area contributed by atoms with Crippen molar-refractivity contribution in [2.75, 3.05) is 67.8 Å². The van der Waals surface area contributed by atoms with E-state index in [0.29, 0.717) is 26.4 Å². The van der Waals surface area contributed by atoms with Crippen LogP contribution in [0.4, 0.5) is 0 Å². The monoisotopic (exact) mass is 508 g/mol. The van der Waals surface area contributed by atoms with Gasteiger partial charge in [-0.3, -0.25) is 4.99 Å². The van der Waals surface area contributed by atoms with Crippen LogP contribution < -0.4 is 15.4 Å². The summed E-state index contributed by atoms with van der Waals surface area (Å²) in [4.78, 5) is 6.40. The van der Waals surface area contributed by atoms with Crippen LogP contribution in [0.25, 0.3) is 0 Å². The Bertz CT molecular complexity index is 513. The molecule has 8 heteroatoms. The highest BCUT2D eigenvalue weighted by Crippen LogP contribution is 2.12. The van der Waals surface area contributed by atoms with Gasteiger partial charge in [0.25, 0.3) is 0 Å². The first-order chi connectivity index (χ1) is 13.2. The molecule has 0 radical (unpaired) electrons. The Morgan fingerprint density at radius 1 is 1.00 bits per heavy atom. The van der Waals surface area contributed by atoms with Gasteiger partial charge in [0, 0.05) is 40.4 Å². The third kappa shape index (κ3) is 14.0. The van der Waals surface area contributed by atoms with Crippen molar-refractivity contribution in [3.8, 4) is 5.75 Å². The Labute approximate surface area is 187 Å². The van der Waals surface area contributed by atoms with E-state index in [4.69, 9.17) is 14.2 Å². The summed E-state index contributed by atoms with van der Waals surface area (Å²) in [5, 5.41) is 6.60. The lowest BCUT2D eigenvalue weighted by Crippen LogP contribution is -2.37. The van der Waals surface area contributed by atoms with Crippen LogP contribution in [0, 0.1) is 0 Å². The highest BCUT2D eigenvalue weighted by Gasteiger charge is 2.00. The van der Waals surface area contributed by atoms with Crippen LogP contribution in [0.1, 0.15) is 18.4 Å². The molecule has 0 unspecified atom stereocenters. The number of hydrogen-bond acceptors (Lipinski definition) is 5. The quantitative estimate of drug-likeness (QED) is 0.174. The first-order valence-corrected chi connectivity index (χ1v) is 9.53. The second-order valence-corrected chi connectivity index (χ2v) is 6.46. The average molecular weight is 508 g/mol.